The third-order valence-electron chi connectivity index (χ3n) is 4.24. The van der Waals surface area contributed by atoms with Crippen LogP contribution in [-0.2, 0) is 0 Å². The number of hydrogen-bond donors (Lipinski definition) is 1. The van der Waals surface area contributed by atoms with E-state index in [-0.39, 0.29) is 11.9 Å². The van der Waals surface area contributed by atoms with Gasteiger partial charge in [0.1, 0.15) is 5.82 Å². The maximum Gasteiger partial charge on any atom is 0.127 e. The van der Waals surface area contributed by atoms with Gasteiger partial charge in [-0.25, -0.2) is 4.39 Å². The minimum atomic E-state index is -0.126. The molecule has 1 fully saturated rings. The third kappa shape index (κ3) is 3.30. The summed E-state index contributed by atoms with van der Waals surface area (Å²) in [6.45, 7) is 2.70. The van der Waals surface area contributed by atoms with Gasteiger partial charge in [-0.05, 0) is 43.9 Å². The van der Waals surface area contributed by atoms with E-state index in [2.05, 4.69) is 18.9 Å². The Kier molecular flexibility index (Phi) is 5.25. The summed E-state index contributed by atoms with van der Waals surface area (Å²) in [5.41, 5.74) is 6.72. The smallest absolute Gasteiger partial charge is 0.127 e. The quantitative estimate of drug-likeness (QED) is 0.900. The molecule has 0 bridgehead atoms. The molecule has 1 heterocycles. The first kappa shape index (κ1) is 14.8. The molecule has 0 spiro atoms. The van der Waals surface area contributed by atoms with Crippen LogP contribution in [0.3, 0.4) is 0 Å². The standard InChI is InChI=1S/C15H23FN2S/c1-11(13-5-3-4-6-14(13)16)18(2)15(9-17)12-7-8-19-10-12/h3-6,11-12,15H,7-10,17H2,1-2H3. The lowest BCUT2D eigenvalue weighted by Gasteiger charge is -2.36. The zero-order chi connectivity index (χ0) is 13.8. The van der Waals surface area contributed by atoms with E-state index in [1.54, 1.807) is 6.07 Å². The molecule has 0 aliphatic carbocycles. The van der Waals surface area contributed by atoms with Crippen molar-refractivity contribution in [2.75, 3.05) is 25.1 Å². The number of benzene rings is 1. The highest BCUT2D eigenvalue weighted by Crippen LogP contribution is 2.32. The van der Waals surface area contributed by atoms with Gasteiger partial charge < -0.3 is 5.73 Å². The fraction of sp³-hybridized carbons (Fsp3) is 0.600. The molecule has 1 saturated heterocycles. The monoisotopic (exact) mass is 282 g/mol. The summed E-state index contributed by atoms with van der Waals surface area (Å²) in [6, 6.07) is 7.42. The molecule has 19 heavy (non-hydrogen) atoms. The normalized spacial score (nSPS) is 22.7. The van der Waals surface area contributed by atoms with Gasteiger partial charge in [0.25, 0.3) is 0 Å². The Morgan fingerprint density at radius 3 is 2.79 bits per heavy atom. The third-order valence-corrected chi connectivity index (χ3v) is 5.43. The van der Waals surface area contributed by atoms with Crippen molar-refractivity contribution in [1.82, 2.24) is 4.90 Å². The number of hydrogen-bond acceptors (Lipinski definition) is 3. The lowest BCUT2D eigenvalue weighted by molar-refractivity contribution is 0.143. The van der Waals surface area contributed by atoms with Crippen molar-refractivity contribution in [2.24, 2.45) is 11.7 Å². The maximum atomic E-state index is 13.9. The van der Waals surface area contributed by atoms with E-state index in [0.717, 1.165) is 5.56 Å². The molecule has 2 rings (SSSR count). The van der Waals surface area contributed by atoms with Crippen molar-refractivity contribution in [3.8, 4) is 0 Å². The second kappa shape index (κ2) is 6.73. The molecule has 3 atom stereocenters. The van der Waals surface area contributed by atoms with Gasteiger partial charge in [-0.15, -0.1) is 0 Å². The highest BCUT2D eigenvalue weighted by molar-refractivity contribution is 7.99. The molecule has 2 N–H and O–H groups in total. The molecular weight excluding hydrogens is 259 g/mol. The molecule has 1 aliphatic heterocycles. The molecule has 3 unspecified atom stereocenters. The summed E-state index contributed by atoms with van der Waals surface area (Å²) in [5.74, 6) is 2.91. The molecule has 1 aliphatic rings. The second-order valence-electron chi connectivity index (χ2n) is 5.29. The first-order chi connectivity index (χ1) is 9.15. The van der Waals surface area contributed by atoms with Crippen LogP contribution in [0.15, 0.2) is 24.3 Å². The molecule has 2 nitrogen and oxygen atoms in total. The van der Waals surface area contributed by atoms with Gasteiger partial charge in [-0.2, -0.15) is 11.8 Å². The second-order valence-corrected chi connectivity index (χ2v) is 6.44. The molecular formula is C15H23FN2S. The molecule has 4 heteroatoms. The van der Waals surface area contributed by atoms with Gasteiger partial charge in [-0.3, -0.25) is 4.90 Å². The summed E-state index contributed by atoms with van der Waals surface area (Å²) < 4.78 is 13.9. The Morgan fingerprint density at radius 2 is 2.21 bits per heavy atom. The predicted molar refractivity (Wildman–Crippen MR) is 80.9 cm³/mol. The van der Waals surface area contributed by atoms with E-state index in [1.807, 2.05) is 23.9 Å². The minimum absolute atomic E-state index is 0.0559. The largest absolute Gasteiger partial charge is 0.329 e. The number of rotatable bonds is 5. The number of likely N-dealkylation sites (N-methyl/N-ethyl adjacent to an activating group) is 1. The molecule has 0 aromatic heterocycles. The van der Waals surface area contributed by atoms with Crippen molar-refractivity contribution >= 4 is 11.8 Å². The summed E-state index contributed by atoms with van der Waals surface area (Å²) in [5, 5.41) is 0. The Morgan fingerprint density at radius 1 is 1.47 bits per heavy atom. The van der Waals surface area contributed by atoms with E-state index >= 15 is 0 Å². The highest BCUT2D eigenvalue weighted by atomic mass is 32.2. The average molecular weight is 282 g/mol. The number of nitrogens with two attached hydrogens (primary N) is 1. The number of nitrogens with zero attached hydrogens (tertiary/aromatic N) is 1. The van der Waals surface area contributed by atoms with Crippen LogP contribution in [0.4, 0.5) is 4.39 Å². The van der Waals surface area contributed by atoms with Crippen molar-refractivity contribution in [3.63, 3.8) is 0 Å². The summed E-state index contributed by atoms with van der Waals surface area (Å²) in [4.78, 5) is 2.24. The Labute approximate surface area is 119 Å². The van der Waals surface area contributed by atoms with Crippen LogP contribution in [0.2, 0.25) is 0 Å². The maximum absolute atomic E-state index is 13.9. The van der Waals surface area contributed by atoms with Gasteiger partial charge >= 0.3 is 0 Å². The molecule has 106 valence electrons. The van der Waals surface area contributed by atoms with Gasteiger partial charge in [0.05, 0.1) is 0 Å². The summed E-state index contributed by atoms with van der Waals surface area (Å²) in [7, 11) is 2.07. The first-order valence-corrected chi connectivity index (χ1v) is 8.04. The Hall–Kier alpha value is -0.580. The minimum Gasteiger partial charge on any atom is -0.329 e. The van der Waals surface area contributed by atoms with E-state index < -0.39 is 0 Å². The Bertz CT molecular complexity index is 407. The van der Waals surface area contributed by atoms with Gasteiger partial charge in [0, 0.05) is 24.2 Å². The van der Waals surface area contributed by atoms with Crippen LogP contribution in [0.1, 0.15) is 24.9 Å². The van der Waals surface area contributed by atoms with Crippen LogP contribution < -0.4 is 5.73 Å². The highest BCUT2D eigenvalue weighted by Gasteiger charge is 2.30. The van der Waals surface area contributed by atoms with Crippen molar-refractivity contribution in [3.05, 3.63) is 35.6 Å². The van der Waals surface area contributed by atoms with Crippen molar-refractivity contribution < 1.29 is 4.39 Å². The van der Waals surface area contributed by atoms with Crippen molar-refractivity contribution in [2.45, 2.75) is 25.4 Å². The van der Waals surface area contributed by atoms with Gasteiger partial charge in [0.15, 0.2) is 0 Å². The zero-order valence-corrected chi connectivity index (χ0v) is 12.5. The number of thioether (sulfide) groups is 1. The molecule has 0 saturated carbocycles. The molecule has 1 aromatic rings. The predicted octanol–water partition coefficient (Wildman–Crippen LogP) is 2.90. The van der Waals surface area contributed by atoms with Crippen LogP contribution in [0.5, 0.6) is 0 Å². The SMILES string of the molecule is CC(c1ccccc1F)N(C)C(CN)C1CCSC1. The van der Waals surface area contributed by atoms with Gasteiger partial charge in [-0.1, -0.05) is 18.2 Å². The Balaban J connectivity index is 2.12. The molecule has 0 amide bonds. The summed E-state index contributed by atoms with van der Waals surface area (Å²) >= 11 is 2.00. The first-order valence-electron chi connectivity index (χ1n) is 6.89. The fourth-order valence-electron chi connectivity index (χ4n) is 2.87. The van der Waals surface area contributed by atoms with Crippen molar-refractivity contribution in [1.29, 1.82) is 0 Å². The molecule has 1 aromatic carbocycles. The zero-order valence-electron chi connectivity index (χ0n) is 11.7. The van der Waals surface area contributed by atoms with Crippen LogP contribution in [0.25, 0.3) is 0 Å². The average Bonchev–Trinajstić information content (AvgIpc) is 2.93. The van der Waals surface area contributed by atoms with E-state index in [4.69, 9.17) is 5.73 Å². The van der Waals surface area contributed by atoms with Crippen LogP contribution in [-0.4, -0.2) is 36.0 Å². The van der Waals surface area contributed by atoms with Gasteiger partial charge in [0.2, 0.25) is 0 Å². The molecule has 0 radical (unpaired) electrons. The fourth-order valence-corrected chi connectivity index (χ4v) is 4.20. The topological polar surface area (TPSA) is 29.3 Å². The van der Waals surface area contributed by atoms with Crippen LogP contribution >= 0.6 is 11.8 Å². The summed E-state index contributed by atoms with van der Waals surface area (Å²) in [6.07, 6.45) is 1.22. The van der Waals surface area contributed by atoms with Crippen LogP contribution in [0, 0.1) is 11.7 Å². The lowest BCUT2D eigenvalue weighted by atomic mass is 9.95. The van der Waals surface area contributed by atoms with E-state index in [1.165, 1.54) is 24.0 Å². The van der Waals surface area contributed by atoms with E-state index in [9.17, 15) is 4.39 Å². The number of halogens is 1. The van der Waals surface area contributed by atoms with E-state index in [0.29, 0.717) is 18.5 Å². The lowest BCUT2D eigenvalue weighted by Crippen LogP contribution is -2.44.